The summed E-state index contributed by atoms with van der Waals surface area (Å²) in [6.07, 6.45) is 3.95. The molecule has 18 heavy (non-hydrogen) atoms. The molecule has 2 aliphatic rings. The molecule has 4 nitrogen and oxygen atoms in total. The number of fused-ring (bicyclic) bond motifs is 1. The van der Waals surface area contributed by atoms with Gasteiger partial charge in [0.2, 0.25) is 0 Å². The highest BCUT2D eigenvalue weighted by Crippen LogP contribution is 2.25. The predicted molar refractivity (Wildman–Crippen MR) is 69.7 cm³/mol. The maximum Gasteiger partial charge on any atom is 0.272 e. The van der Waals surface area contributed by atoms with E-state index in [0.717, 1.165) is 19.6 Å². The topological polar surface area (TPSA) is 45.2 Å². The molecule has 2 unspecified atom stereocenters. The van der Waals surface area contributed by atoms with Crippen molar-refractivity contribution in [2.24, 2.45) is 5.92 Å². The number of carbonyl (C=O) groups is 1. The summed E-state index contributed by atoms with van der Waals surface area (Å²) in [4.78, 5) is 18.3. The number of hydrogen-bond donors (Lipinski definition) is 1. The summed E-state index contributed by atoms with van der Waals surface area (Å²) in [5, 5.41) is 4.05. The summed E-state index contributed by atoms with van der Waals surface area (Å²) >= 11 is 5.78. The SMILES string of the molecule is O=C(c1ccc(Cl)cn1)N1CC2CCCNC2C1. The number of pyridine rings is 1. The van der Waals surface area contributed by atoms with Crippen molar-refractivity contribution in [3.05, 3.63) is 29.0 Å². The molecule has 2 fully saturated rings. The van der Waals surface area contributed by atoms with Crippen molar-refractivity contribution in [2.75, 3.05) is 19.6 Å². The molecule has 0 saturated carbocycles. The van der Waals surface area contributed by atoms with E-state index < -0.39 is 0 Å². The van der Waals surface area contributed by atoms with Crippen LogP contribution < -0.4 is 5.32 Å². The first-order valence-electron chi connectivity index (χ1n) is 6.38. The number of likely N-dealkylation sites (tertiary alicyclic amines) is 1. The van der Waals surface area contributed by atoms with Crippen LogP contribution in [0.5, 0.6) is 0 Å². The minimum absolute atomic E-state index is 0.0165. The average Bonchev–Trinajstić information content (AvgIpc) is 2.82. The molecule has 96 valence electrons. The molecule has 1 aromatic rings. The second kappa shape index (κ2) is 4.86. The largest absolute Gasteiger partial charge is 0.335 e. The number of aromatic nitrogens is 1. The Morgan fingerprint density at radius 2 is 2.33 bits per heavy atom. The molecular formula is C13H16ClN3O. The van der Waals surface area contributed by atoms with Gasteiger partial charge in [0.25, 0.3) is 5.91 Å². The molecule has 0 aliphatic carbocycles. The van der Waals surface area contributed by atoms with E-state index in [1.54, 1.807) is 12.1 Å². The minimum Gasteiger partial charge on any atom is -0.335 e. The van der Waals surface area contributed by atoms with Gasteiger partial charge in [0.05, 0.1) is 5.02 Å². The van der Waals surface area contributed by atoms with Gasteiger partial charge in [-0.1, -0.05) is 11.6 Å². The molecule has 0 aromatic carbocycles. The zero-order valence-corrected chi connectivity index (χ0v) is 10.9. The number of carbonyl (C=O) groups excluding carboxylic acids is 1. The molecule has 0 spiro atoms. The van der Waals surface area contributed by atoms with Gasteiger partial charge in [-0.3, -0.25) is 4.79 Å². The number of nitrogens with zero attached hydrogens (tertiary/aromatic N) is 2. The molecular weight excluding hydrogens is 250 g/mol. The van der Waals surface area contributed by atoms with E-state index in [-0.39, 0.29) is 5.91 Å². The van der Waals surface area contributed by atoms with Crippen LogP contribution in [0.25, 0.3) is 0 Å². The molecule has 2 aliphatic heterocycles. The Morgan fingerprint density at radius 1 is 1.44 bits per heavy atom. The van der Waals surface area contributed by atoms with Gasteiger partial charge < -0.3 is 10.2 Å². The van der Waals surface area contributed by atoms with E-state index in [2.05, 4.69) is 10.3 Å². The van der Waals surface area contributed by atoms with Gasteiger partial charge >= 0.3 is 0 Å². The highest BCUT2D eigenvalue weighted by Gasteiger charge is 2.36. The number of hydrogen-bond acceptors (Lipinski definition) is 3. The van der Waals surface area contributed by atoms with Gasteiger partial charge in [0.15, 0.2) is 0 Å². The second-order valence-electron chi connectivity index (χ2n) is 5.03. The third kappa shape index (κ3) is 2.22. The van der Waals surface area contributed by atoms with E-state index in [1.165, 1.54) is 19.0 Å². The Hall–Kier alpha value is -1.13. The van der Waals surface area contributed by atoms with Crippen LogP contribution in [0.15, 0.2) is 18.3 Å². The summed E-state index contributed by atoms with van der Waals surface area (Å²) in [5.41, 5.74) is 0.484. The lowest BCUT2D eigenvalue weighted by molar-refractivity contribution is 0.0780. The lowest BCUT2D eigenvalue weighted by Crippen LogP contribution is -2.41. The normalized spacial score (nSPS) is 27.1. The summed E-state index contributed by atoms with van der Waals surface area (Å²) in [6, 6.07) is 3.87. The first kappa shape index (κ1) is 11.9. The highest BCUT2D eigenvalue weighted by atomic mass is 35.5. The summed E-state index contributed by atoms with van der Waals surface area (Å²) < 4.78 is 0. The zero-order chi connectivity index (χ0) is 12.5. The van der Waals surface area contributed by atoms with Gasteiger partial charge in [0.1, 0.15) is 5.69 Å². The van der Waals surface area contributed by atoms with Crippen LogP contribution in [0.4, 0.5) is 0 Å². The first-order chi connectivity index (χ1) is 8.74. The van der Waals surface area contributed by atoms with Crippen LogP contribution in [-0.4, -0.2) is 41.5 Å². The third-order valence-electron chi connectivity index (χ3n) is 3.83. The van der Waals surface area contributed by atoms with Crippen molar-refractivity contribution >= 4 is 17.5 Å². The molecule has 1 amide bonds. The van der Waals surface area contributed by atoms with Gasteiger partial charge in [-0.15, -0.1) is 0 Å². The molecule has 3 heterocycles. The van der Waals surface area contributed by atoms with Gasteiger partial charge in [-0.05, 0) is 37.4 Å². The summed E-state index contributed by atoms with van der Waals surface area (Å²) in [7, 11) is 0. The average molecular weight is 266 g/mol. The maximum atomic E-state index is 12.3. The van der Waals surface area contributed by atoms with Crippen molar-refractivity contribution in [3.63, 3.8) is 0 Å². The van der Waals surface area contributed by atoms with Crippen molar-refractivity contribution in [1.29, 1.82) is 0 Å². The zero-order valence-electron chi connectivity index (χ0n) is 10.1. The molecule has 2 atom stereocenters. The smallest absolute Gasteiger partial charge is 0.272 e. The van der Waals surface area contributed by atoms with Crippen molar-refractivity contribution in [3.8, 4) is 0 Å². The number of nitrogens with one attached hydrogen (secondary N) is 1. The molecule has 2 saturated heterocycles. The fourth-order valence-corrected chi connectivity index (χ4v) is 2.99. The Morgan fingerprint density at radius 3 is 3.06 bits per heavy atom. The monoisotopic (exact) mass is 265 g/mol. The minimum atomic E-state index is 0.0165. The number of rotatable bonds is 1. The van der Waals surface area contributed by atoms with Gasteiger partial charge in [-0.2, -0.15) is 0 Å². The van der Waals surface area contributed by atoms with E-state index in [0.29, 0.717) is 22.7 Å². The van der Waals surface area contributed by atoms with Crippen LogP contribution in [-0.2, 0) is 0 Å². The third-order valence-corrected chi connectivity index (χ3v) is 4.06. The lowest BCUT2D eigenvalue weighted by Gasteiger charge is -2.24. The fourth-order valence-electron chi connectivity index (χ4n) is 2.88. The molecule has 0 radical (unpaired) electrons. The van der Waals surface area contributed by atoms with E-state index in [1.807, 2.05) is 4.90 Å². The van der Waals surface area contributed by atoms with Crippen molar-refractivity contribution in [2.45, 2.75) is 18.9 Å². The lowest BCUT2D eigenvalue weighted by atomic mass is 9.94. The fraction of sp³-hybridized carbons (Fsp3) is 0.538. The number of piperidine rings is 1. The molecule has 3 rings (SSSR count). The second-order valence-corrected chi connectivity index (χ2v) is 5.47. The maximum absolute atomic E-state index is 12.3. The molecule has 5 heteroatoms. The predicted octanol–water partition coefficient (Wildman–Crippen LogP) is 1.56. The molecule has 0 bridgehead atoms. The summed E-state index contributed by atoms with van der Waals surface area (Å²) in [5.74, 6) is 0.623. The van der Waals surface area contributed by atoms with Crippen LogP contribution in [0.1, 0.15) is 23.3 Å². The van der Waals surface area contributed by atoms with Crippen LogP contribution in [0, 0.1) is 5.92 Å². The quantitative estimate of drug-likeness (QED) is 0.838. The summed E-state index contributed by atoms with van der Waals surface area (Å²) in [6.45, 7) is 2.72. The van der Waals surface area contributed by atoms with E-state index >= 15 is 0 Å². The van der Waals surface area contributed by atoms with E-state index in [4.69, 9.17) is 11.6 Å². The Labute approximate surface area is 111 Å². The number of amides is 1. The van der Waals surface area contributed by atoms with Crippen LogP contribution in [0.3, 0.4) is 0 Å². The number of halogens is 1. The Balaban J connectivity index is 1.72. The van der Waals surface area contributed by atoms with Crippen LogP contribution >= 0.6 is 11.6 Å². The Kier molecular flexibility index (Phi) is 3.22. The first-order valence-corrected chi connectivity index (χ1v) is 6.76. The van der Waals surface area contributed by atoms with Gasteiger partial charge in [0, 0.05) is 25.3 Å². The highest BCUT2D eigenvalue weighted by molar-refractivity contribution is 6.30. The van der Waals surface area contributed by atoms with Gasteiger partial charge in [-0.25, -0.2) is 4.98 Å². The van der Waals surface area contributed by atoms with Crippen molar-refractivity contribution < 1.29 is 4.79 Å². The van der Waals surface area contributed by atoms with E-state index in [9.17, 15) is 4.79 Å². The van der Waals surface area contributed by atoms with Crippen LogP contribution in [0.2, 0.25) is 5.02 Å². The molecule has 1 aromatic heterocycles. The molecule has 1 N–H and O–H groups in total. The Bertz CT molecular complexity index is 434. The standard InChI is InChI=1S/C13H16ClN3O/c14-10-3-4-11(16-6-10)13(18)17-7-9-2-1-5-15-12(9)8-17/h3-4,6,9,12,15H,1-2,5,7-8H2. The van der Waals surface area contributed by atoms with Crippen molar-refractivity contribution in [1.82, 2.24) is 15.2 Å².